The minimum atomic E-state index is -0.167. The van der Waals surface area contributed by atoms with Gasteiger partial charge in [0, 0.05) is 24.0 Å². The van der Waals surface area contributed by atoms with Crippen molar-refractivity contribution >= 4 is 16.9 Å². The summed E-state index contributed by atoms with van der Waals surface area (Å²) in [6.45, 7) is 9.53. The third-order valence-electron chi connectivity index (χ3n) is 3.96. The first-order valence-electron chi connectivity index (χ1n) is 7.68. The largest absolute Gasteiger partial charge is 0.497 e. The van der Waals surface area contributed by atoms with Crippen LogP contribution in [0.15, 0.2) is 22.6 Å². The lowest BCUT2D eigenvalue weighted by atomic mass is 10.1. The monoisotopic (exact) mass is 304 g/mol. The molecule has 0 fully saturated rings. The minimum Gasteiger partial charge on any atom is -0.497 e. The Bertz CT molecular complexity index is 645. The van der Waals surface area contributed by atoms with Crippen molar-refractivity contribution in [3.8, 4) is 5.75 Å². The molecule has 0 radical (unpaired) electrons. The summed E-state index contributed by atoms with van der Waals surface area (Å²) in [5.74, 6) is 0.965. The van der Waals surface area contributed by atoms with E-state index in [0.717, 1.165) is 36.3 Å². The number of rotatable bonds is 7. The van der Waals surface area contributed by atoms with Crippen LogP contribution in [0, 0.1) is 6.92 Å². The van der Waals surface area contributed by atoms with Crippen LogP contribution in [0.4, 0.5) is 0 Å². The van der Waals surface area contributed by atoms with E-state index >= 15 is 0 Å². The van der Waals surface area contributed by atoms with Gasteiger partial charge in [-0.3, -0.25) is 4.79 Å². The van der Waals surface area contributed by atoms with Crippen molar-refractivity contribution < 1.29 is 13.9 Å². The highest BCUT2D eigenvalue weighted by Gasteiger charge is 2.17. The maximum atomic E-state index is 12.3. The van der Waals surface area contributed by atoms with Crippen LogP contribution in [0.3, 0.4) is 0 Å². The van der Waals surface area contributed by atoms with E-state index < -0.39 is 0 Å². The summed E-state index contributed by atoms with van der Waals surface area (Å²) >= 11 is 0. The average Bonchev–Trinajstić information content (AvgIpc) is 2.88. The van der Waals surface area contributed by atoms with Crippen LogP contribution in [0.2, 0.25) is 0 Å². The molecular formula is C17H24N2O3. The predicted molar refractivity (Wildman–Crippen MR) is 87.6 cm³/mol. The molecule has 0 unspecified atom stereocenters. The maximum Gasteiger partial charge on any atom is 0.287 e. The Balaban J connectivity index is 2.10. The number of hydrogen-bond donors (Lipinski definition) is 1. The zero-order chi connectivity index (χ0) is 16.1. The molecular weight excluding hydrogens is 280 g/mol. The van der Waals surface area contributed by atoms with Crippen molar-refractivity contribution in [3.05, 3.63) is 29.5 Å². The molecule has 0 spiro atoms. The van der Waals surface area contributed by atoms with Gasteiger partial charge in [0.25, 0.3) is 5.91 Å². The molecule has 2 aromatic rings. The maximum absolute atomic E-state index is 12.3. The molecule has 5 heteroatoms. The number of fused-ring (bicyclic) bond motifs is 1. The standard InChI is InChI=1S/C17H24N2O3/c1-5-19(6-2)10-9-18-17(20)16-12(3)14-11-13(21-4)7-8-15(14)22-16/h7-8,11H,5-6,9-10H2,1-4H3,(H,18,20). The SMILES string of the molecule is CCN(CC)CCNC(=O)c1oc2ccc(OC)cc2c1C. The van der Waals surface area contributed by atoms with Gasteiger partial charge in [0.05, 0.1) is 7.11 Å². The van der Waals surface area contributed by atoms with Crippen LogP contribution in [0.5, 0.6) is 5.75 Å². The van der Waals surface area contributed by atoms with E-state index in [2.05, 4.69) is 24.1 Å². The molecule has 0 saturated heterocycles. The second kappa shape index (κ2) is 7.31. The fraction of sp³-hybridized carbons (Fsp3) is 0.471. The average molecular weight is 304 g/mol. The molecule has 22 heavy (non-hydrogen) atoms. The van der Waals surface area contributed by atoms with Crippen molar-refractivity contribution in [2.45, 2.75) is 20.8 Å². The molecule has 0 saturated carbocycles. The highest BCUT2D eigenvalue weighted by molar-refractivity contribution is 5.99. The Morgan fingerprint density at radius 1 is 1.32 bits per heavy atom. The molecule has 1 heterocycles. The van der Waals surface area contributed by atoms with Crippen LogP contribution >= 0.6 is 0 Å². The number of furan rings is 1. The van der Waals surface area contributed by atoms with Crippen molar-refractivity contribution in [2.75, 3.05) is 33.3 Å². The molecule has 1 N–H and O–H groups in total. The van der Waals surface area contributed by atoms with Crippen LogP contribution in [-0.4, -0.2) is 44.1 Å². The second-order valence-electron chi connectivity index (χ2n) is 5.20. The number of carbonyl (C=O) groups is 1. The normalized spacial score (nSPS) is 11.1. The van der Waals surface area contributed by atoms with E-state index in [1.54, 1.807) is 7.11 Å². The van der Waals surface area contributed by atoms with Gasteiger partial charge in [-0.1, -0.05) is 13.8 Å². The Labute approximate surface area is 131 Å². The molecule has 1 aromatic carbocycles. The summed E-state index contributed by atoms with van der Waals surface area (Å²) in [6.07, 6.45) is 0. The van der Waals surface area contributed by atoms with Crippen LogP contribution < -0.4 is 10.1 Å². The summed E-state index contributed by atoms with van der Waals surface area (Å²) in [5.41, 5.74) is 1.54. The fourth-order valence-electron chi connectivity index (χ4n) is 2.49. The molecule has 1 aromatic heterocycles. The number of aryl methyl sites for hydroxylation is 1. The van der Waals surface area contributed by atoms with E-state index in [1.807, 2.05) is 25.1 Å². The van der Waals surface area contributed by atoms with E-state index in [9.17, 15) is 4.79 Å². The third-order valence-corrected chi connectivity index (χ3v) is 3.96. The molecule has 0 aliphatic rings. The molecule has 1 amide bonds. The molecule has 0 aliphatic heterocycles. The second-order valence-corrected chi connectivity index (χ2v) is 5.20. The third kappa shape index (κ3) is 3.42. The molecule has 0 aliphatic carbocycles. The van der Waals surface area contributed by atoms with Crippen LogP contribution in [0.25, 0.3) is 11.0 Å². The van der Waals surface area contributed by atoms with Gasteiger partial charge >= 0.3 is 0 Å². The van der Waals surface area contributed by atoms with Crippen molar-refractivity contribution in [2.24, 2.45) is 0 Å². The number of ether oxygens (including phenoxy) is 1. The number of nitrogens with one attached hydrogen (secondary N) is 1. The highest BCUT2D eigenvalue weighted by Crippen LogP contribution is 2.28. The van der Waals surface area contributed by atoms with E-state index in [-0.39, 0.29) is 5.91 Å². The zero-order valence-electron chi connectivity index (χ0n) is 13.7. The van der Waals surface area contributed by atoms with Crippen molar-refractivity contribution in [1.29, 1.82) is 0 Å². The Kier molecular flexibility index (Phi) is 5.44. The van der Waals surface area contributed by atoms with Gasteiger partial charge in [-0.15, -0.1) is 0 Å². The molecule has 2 rings (SSSR count). The Morgan fingerprint density at radius 2 is 2.05 bits per heavy atom. The zero-order valence-corrected chi connectivity index (χ0v) is 13.7. The summed E-state index contributed by atoms with van der Waals surface area (Å²) < 4.78 is 10.9. The first kappa shape index (κ1) is 16.4. The first-order chi connectivity index (χ1) is 10.6. The van der Waals surface area contributed by atoms with Gasteiger partial charge < -0.3 is 19.4 Å². The fourth-order valence-corrected chi connectivity index (χ4v) is 2.49. The van der Waals surface area contributed by atoms with Gasteiger partial charge in [0.2, 0.25) is 0 Å². The summed E-state index contributed by atoms with van der Waals surface area (Å²) in [5, 5.41) is 3.83. The first-order valence-corrected chi connectivity index (χ1v) is 7.68. The molecule has 0 atom stereocenters. The number of amides is 1. The van der Waals surface area contributed by atoms with E-state index in [1.165, 1.54) is 0 Å². The van der Waals surface area contributed by atoms with E-state index in [0.29, 0.717) is 17.9 Å². The molecule has 120 valence electrons. The number of likely N-dealkylation sites (N-methyl/N-ethyl adjacent to an activating group) is 1. The number of benzene rings is 1. The molecule has 0 bridgehead atoms. The van der Waals surface area contributed by atoms with Crippen molar-refractivity contribution in [3.63, 3.8) is 0 Å². The Hall–Kier alpha value is -2.01. The Morgan fingerprint density at radius 3 is 2.68 bits per heavy atom. The van der Waals surface area contributed by atoms with Crippen molar-refractivity contribution in [1.82, 2.24) is 10.2 Å². The number of carbonyl (C=O) groups excluding carboxylic acids is 1. The highest BCUT2D eigenvalue weighted by atomic mass is 16.5. The summed E-state index contributed by atoms with van der Waals surface area (Å²) in [7, 11) is 1.62. The van der Waals surface area contributed by atoms with Crippen LogP contribution in [-0.2, 0) is 0 Å². The molecule has 5 nitrogen and oxygen atoms in total. The lowest BCUT2D eigenvalue weighted by molar-refractivity contribution is 0.0922. The summed E-state index contributed by atoms with van der Waals surface area (Å²) in [4.78, 5) is 14.6. The number of methoxy groups -OCH3 is 1. The topological polar surface area (TPSA) is 54.7 Å². The minimum absolute atomic E-state index is 0.167. The van der Waals surface area contributed by atoms with Gasteiger partial charge in [-0.25, -0.2) is 0 Å². The van der Waals surface area contributed by atoms with Gasteiger partial charge in [0.15, 0.2) is 5.76 Å². The predicted octanol–water partition coefficient (Wildman–Crippen LogP) is 2.82. The summed E-state index contributed by atoms with van der Waals surface area (Å²) in [6, 6.07) is 5.54. The quantitative estimate of drug-likeness (QED) is 0.854. The lowest BCUT2D eigenvalue weighted by Gasteiger charge is -2.17. The van der Waals surface area contributed by atoms with Gasteiger partial charge in [-0.2, -0.15) is 0 Å². The van der Waals surface area contributed by atoms with Crippen LogP contribution in [0.1, 0.15) is 30.0 Å². The lowest BCUT2D eigenvalue weighted by Crippen LogP contribution is -2.34. The number of nitrogens with zero attached hydrogens (tertiary/aromatic N) is 1. The number of hydrogen-bond acceptors (Lipinski definition) is 4. The van der Waals surface area contributed by atoms with Gasteiger partial charge in [-0.05, 0) is 38.2 Å². The van der Waals surface area contributed by atoms with E-state index in [4.69, 9.17) is 9.15 Å². The van der Waals surface area contributed by atoms with Gasteiger partial charge in [0.1, 0.15) is 11.3 Å². The smallest absolute Gasteiger partial charge is 0.287 e.